The summed E-state index contributed by atoms with van der Waals surface area (Å²) in [5.74, 6) is -0.534. The summed E-state index contributed by atoms with van der Waals surface area (Å²) < 4.78 is 44.3. The van der Waals surface area contributed by atoms with Gasteiger partial charge < -0.3 is 4.74 Å². The molecule has 2 aromatic carbocycles. The number of ether oxygens (including phenoxy) is 1. The fraction of sp³-hybridized carbons (Fsp3) is 0.167. The second-order valence-corrected chi connectivity index (χ2v) is 4.75. The Hall–Kier alpha value is -2.56. The highest BCUT2D eigenvalue weighted by Gasteiger charge is 2.33. The minimum atomic E-state index is -4.45. The predicted molar refractivity (Wildman–Crippen MR) is 82.5 cm³/mol. The summed E-state index contributed by atoms with van der Waals surface area (Å²) in [5.41, 5.74) is 0.317. The average molecular weight is 320 g/mol. The number of halogens is 3. The van der Waals surface area contributed by atoms with Gasteiger partial charge in [0.05, 0.1) is 12.2 Å². The maximum absolute atomic E-state index is 13.2. The Morgan fingerprint density at radius 2 is 1.83 bits per heavy atom. The van der Waals surface area contributed by atoms with Crippen molar-refractivity contribution in [3.05, 3.63) is 65.7 Å². The van der Waals surface area contributed by atoms with Crippen LogP contribution in [0.2, 0.25) is 0 Å². The van der Waals surface area contributed by atoms with Crippen LogP contribution in [0.25, 0.3) is 17.2 Å². The Morgan fingerprint density at radius 1 is 1.13 bits per heavy atom. The van der Waals surface area contributed by atoms with Crippen molar-refractivity contribution >= 4 is 12.0 Å². The maximum Gasteiger partial charge on any atom is 0.417 e. The molecule has 0 bridgehead atoms. The van der Waals surface area contributed by atoms with E-state index in [1.807, 2.05) is 0 Å². The number of carbonyl (C=O) groups excluding carboxylic acids is 1. The molecule has 2 rings (SSSR count). The van der Waals surface area contributed by atoms with Gasteiger partial charge >= 0.3 is 12.1 Å². The van der Waals surface area contributed by atoms with Crippen molar-refractivity contribution in [2.75, 3.05) is 6.61 Å². The van der Waals surface area contributed by atoms with Crippen molar-refractivity contribution in [1.82, 2.24) is 0 Å². The summed E-state index contributed by atoms with van der Waals surface area (Å²) in [6, 6.07) is 12.1. The standard InChI is InChI=1S/C18H15F3O2/c1-2-23-17(22)11-9-13-8-10-16(18(19,20)21)15(12-13)14-6-4-3-5-7-14/h3-12H,2H2,1H3/b11-9-. The molecule has 0 saturated carbocycles. The molecule has 0 fully saturated rings. The number of esters is 1. The van der Waals surface area contributed by atoms with Gasteiger partial charge in [-0.15, -0.1) is 0 Å². The van der Waals surface area contributed by atoms with Crippen LogP contribution < -0.4 is 0 Å². The van der Waals surface area contributed by atoms with Gasteiger partial charge in [-0.3, -0.25) is 0 Å². The third kappa shape index (κ3) is 4.45. The zero-order valence-electron chi connectivity index (χ0n) is 12.4. The first kappa shape index (κ1) is 16.8. The lowest BCUT2D eigenvalue weighted by molar-refractivity contribution is -0.138. The van der Waals surface area contributed by atoms with Crippen LogP contribution in [-0.4, -0.2) is 12.6 Å². The molecule has 5 heteroatoms. The molecule has 0 heterocycles. The van der Waals surface area contributed by atoms with Crippen molar-refractivity contribution in [3.8, 4) is 11.1 Å². The van der Waals surface area contributed by atoms with Gasteiger partial charge in [-0.1, -0.05) is 36.4 Å². The first-order valence-corrected chi connectivity index (χ1v) is 7.03. The van der Waals surface area contributed by atoms with Gasteiger partial charge in [0, 0.05) is 6.08 Å². The normalized spacial score (nSPS) is 11.7. The van der Waals surface area contributed by atoms with E-state index in [9.17, 15) is 18.0 Å². The number of hydrogen-bond acceptors (Lipinski definition) is 2. The van der Waals surface area contributed by atoms with Crippen LogP contribution in [0.5, 0.6) is 0 Å². The Bertz CT molecular complexity index is 704. The van der Waals surface area contributed by atoms with Crippen molar-refractivity contribution in [3.63, 3.8) is 0 Å². The zero-order valence-corrected chi connectivity index (χ0v) is 12.4. The summed E-state index contributed by atoms with van der Waals surface area (Å²) in [7, 11) is 0. The van der Waals surface area contributed by atoms with Gasteiger partial charge in [-0.25, -0.2) is 4.79 Å². The van der Waals surface area contributed by atoms with Crippen molar-refractivity contribution < 1.29 is 22.7 Å². The molecule has 0 aliphatic heterocycles. The molecule has 0 aliphatic rings. The van der Waals surface area contributed by atoms with Crippen LogP contribution >= 0.6 is 0 Å². The van der Waals surface area contributed by atoms with E-state index in [4.69, 9.17) is 4.74 Å². The molecule has 2 aromatic rings. The van der Waals surface area contributed by atoms with Crippen LogP contribution in [-0.2, 0) is 15.7 Å². The summed E-state index contributed by atoms with van der Waals surface area (Å²) in [6.45, 7) is 1.92. The number of benzene rings is 2. The van der Waals surface area contributed by atoms with Gasteiger partial charge in [0.1, 0.15) is 0 Å². The molecule has 0 aromatic heterocycles. The highest BCUT2D eigenvalue weighted by atomic mass is 19.4. The Morgan fingerprint density at radius 3 is 2.43 bits per heavy atom. The smallest absolute Gasteiger partial charge is 0.417 e. The molecule has 0 amide bonds. The van der Waals surface area contributed by atoms with E-state index in [0.717, 1.165) is 6.07 Å². The average Bonchev–Trinajstić information content (AvgIpc) is 2.53. The van der Waals surface area contributed by atoms with Crippen LogP contribution in [0.3, 0.4) is 0 Å². The van der Waals surface area contributed by atoms with Crippen molar-refractivity contribution in [2.24, 2.45) is 0 Å². The predicted octanol–water partition coefficient (Wildman–Crippen LogP) is 4.95. The van der Waals surface area contributed by atoms with E-state index < -0.39 is 17.7 Å². The van der Waals surface area contributed by atoms with Crippen LogP contribution in [0.1, 0.15) is 18.1 Å². The maximum atomic E-state index is 13.2. The molecule has 2 nitrogen and oxygen atoms in total. The van der Waals surface area contributed by atoms with Gasteiger partial charge in [0.15, 0.2) is 0 Å². The van der Waals surface area contributed by atoms with E-state index in [0.29, 0.717) is 11.1 Å². The lowest BCUT2D eigenvalue weighted by atomic mass is 9.96. The Labute approximate surface area is 132 Å². The molecular formula is C18H15F3O2. The molecule has 0 N–H and O–H groups in total. The number of rotatable bonds is 4. The Balaban J connectivity index is 2.44. The summed E-state index contributed by atoms with van der Waals surface area (Å²) in [6.07, 6.45) is -1.82. The number of hydrogen-bond donors (Lipinski definition) is 0. The summed E-state index contributed by atoms with van der Waals surface area (Å²) in [4.78, 5) is 11.3. The molecule has 0 radical (unpaired) electrons. The van der Waals surface area contributed by atoms with Gasteiger partial charge in [0.2, 0.25) is 0 Å². The molecule has 0 aliphatic carbocycles. The van der Waals surface area contributed by atoms with Gasteiger partial charge in [-0.2, -0.15) is 13.2 Å². The van der Waals surface area contributed by atoms with E-state index in [1.54, 1.807) is 37.3 Å². The van der Waals surface area contributed by atoms with Crippen LogP contribution in [0.4, 0.5) is 13.2 Å². The minimum absolute atomic E-state index is 0.0732. The molecule has 0 spiro atoms. The second kappa shape index (κ2) is 7.13. The van der Waals surface area contributed by atoms with E-state index in [-0.39, 0.29) is 12.2 Å². The SMILES string of the molecule is CCOC(=O)/C=C\c1ccc(C(F)(F)F)c(-c2ccccc2)c1. The van der Waals surface area contributed by atoms with E-state index in [2.05, 4.69) is 0 Å². The molecule has 23 heavy (non-hydrogen) atoms. The first-order valence-electron chi connectivity index (χ1n) is 7.03. The zero-order chi connectivity index (χ0) is 16.9. The molecule has 120 valence electrons. The Kier molecular flexibility index (Phi) is 5.21. The summed E-state index contributed by atoms with van der Waals surface area (Å²) in [5, 5.41) is 0. The third-order valence-electron chi connectivity index (χ3n) is 3.13. The largest absolute Gasteiger partial charge is 0.463 e. The monoisotopic (exact) mass is 320 g/mol. The highest BCUT2D eigenvalue weighted by molar-refractivity contribution is 5.87. The van der Waals surface area contributed by atoms with Crippen molar-refractivity contribution in [1.29, 1.82) is 0 Å². The number of alkyl halides is 3. The fourth-order valence-corrected chi connectivity index (χ4v) is 2.12. The minimum Gasteiger partial charge on any atom is -0.463 e. The quantitative estimate of drug-likeness (QED) is 0.588. The van der Waals surface area contributed by atoms with E-state index >= 15 is 0 Å². The van der Waals surface area contributed by atoms with Crippen LogP contribution in [0.15, 0.2) is 54.6 Å². The van der Waals surface area contributed by atoms with Crippen molar-refractivity contribution in [2.45, 2.75) is 13.1 Å². The highest BCUT2D eigenvalue weighted by Crippen LogP contribution is 2.37. The fourth-order valence-electron chi connectivity index (χ4n) is 2.12. The third-order valence-corrected chi connectivity index (χ3v) is 3.13. The molecular weight excluding hydrogens is 305 g/mol. The second-order valence-electron chi connectivity index (χ2n) is 4.75. The van der Waals surface area contributed by atoms with Gasteiger partial charge in [-0.05, 0) is 41.8 Å². The molecule has 0 unspecified atom stereocenters. The molecule has 0 saturated heterocycles. The lowest BCUT2D eigenvalue weighted by Gasteiger charge is -2.14. The molecule has 0 atom stereocenters. The van der Waals surface area contributed by atoms with E-state index in [1.165, 1.54) is 24.3 Å². The van der Waals surface area contributed by atoms with Crippen LogP contribution in [0, 0.1) is 0 Å². The lowest BCUT2D eigenvalue weighted by Crippen LogP contribution is -2.07. The first-order chi connectivity index (χ1) is 10.9. The van der Waals surface area contributed by atoms with Gasteiger partial charge in [0.25, 0.3) is 0 Å². The number of carbonyl (C=O) groups is 1. The summed E-state index contributed by atoms with van der Waals surface area (Å²) >= 11 is 0. The topological polar surface area (TPSA) is 26.3 Å².